The SMILES string of the molecule is O=C(CN(CCCN1CCOCC1)C(=O)c1ccc(C(F)(F)F)cc1)N(Cc1ccccc1)Cc1ccco1. The summed E-state index contributed by atoms with van der Waals surface area (Å²) >= 11 is 0. The van der Waals surface area contributed by atoms with E-state index in [1.165, 1.54) is 11.2 Å². The van der Waals surface area contributed by atoms with Crippen molar-refractivity contribution in [3.05, 3.63) is 95.4 Å². The third-order valence-corrected chi connectivity index (χ3v) is 6.57. The van der Waals surface area contributed by atoms with Gasteiger partial charge in [-0.25, -0.2) is 0 Å². The molecule has 0 N–H and O–H groups in total. The zero-order valence-corrected chi connectivity index (χ0v) is 21.6. The smallest absolute Gasteiger partial charge is 0.416 e. The topological polar surface area (TPSA) is 66.2 Å². The Balaban J connectivity index is 1.50. The summed E-state index contributed by atoms with van der Waals surface area (Å²) in [4.78, 5) is 32.3. The molecule has 1 aromatic heterocycles. The van der Waals surface area contributed by atoms with Gasteiger partial charge >= 0.3 is 6.18 Å². The summed E-state index contributed by atoms with van der Waals surface area (Å²) in [7, 11) is 0. The quantitative estimate of drug-likeness (QED) is 0.351. The molecular formula is C29H32F3N3O4. The van der Waals surface area contributed by atoms with E-state index in [9.17, 15) is 22.8 Å². The highest BCUT2D eigenvalue weighted by Gasteiger charge is 2.31. The Morgan fingerprint density at radius 1 is 0.872 bits per heavy atom. The molecule has 4 rings (SSSR count). The van der Waals surface area contributed by atoms with Crippen LogP contribution in [0.25, 0.3) is 0 Å². The van der Waals surface area contributed by atoms with Crippen LogP contribution in [-0.4, -0.2) is 72.5 Å². The average Bonchev–Trinajstić information content (AvgIpc) is 3.46. The maximum absolute atomic E-state index is 13.6. The molecule has 39 heavy (non-hydrogen) atoms. The van der Waals surface area contributed by atoms with Crippen molar-refractivity contribution in [3.63, 3.8) is 0 Å². The molecular weight excluding hydrogens is 511 g/mol. The van der Waals surface area contributed by atoms with Gasteiger partial charge in [-0.3, -0.25) is 14.5 Å². The molecule has 0 atom stereocenters. The first kappa shape index (κ1) is 28.4. The summed E-state index contributed by atoms with van der Waals surface area (Å²) in [5, 5.41) is 0. The van der Waals surface area contributed by atoms with E-state index in [1.54, 1.807) is 17.0 Å². The summed E-state index contributed by atoms with van der Waals surface area (Å²) in [6, 6.07) is 17.1. The second-order valence-electron chi connectivity index (χ2n) is 9.42. The Bertz CT molecular complexity index is 1180. The molecule has 1 saturated heterocycles. The number of halogens is 3. The molecule has 1 aliphatic rings. The van der Waals surface area contributed by atoms with E-state index < -0.39 is 17.6 Å². The predicted molar refractivity (Wildman–Crippen MR) is 139 cm³/mol. The third kappa shape index (κ3) is 8.43. The van der Waals surface area contributed by atoms with Crippen LogP contribution in [0.1, 0.15) is 33.7 Å². The molecule has 0 saturated carbocycles. The fourth-order valence-electron chi connectivity index (χ4n) is 4.44. The predicted octanol–water partition coefficient (Wildman–Crippen LogP) is 4.69. The molecule has 0 spiro atoms. The van der Waals surface area contributed by atoms with Gasteiger partial charge in [-0.2, -0.15) is 13.2 Å². The molecule has 3 aromatic rings. The van der Waals surface area contributed by atoms with Gasteiger partial charge in [0.25, 0.3) is 5.91 Å². The number of alkyl halides is 3. The number of rotatable bonds is 11. The largest absolute Gasteiger partial charge is 0.467 e. The number of hydrogen-bond acceptors (Lipinski definition) is 5. The van der Waals surface area contributed by atoms with Crippen molar-refractivity contribution in [2.75, 3.05) is 45.9 Å². The maximum Gasteiger partial charge on any atom is 0.416 e. The van der Waals surface area contributed by atoms with Crippen molar-refractivity contribution in [1.29, 1.82) is 0 Å². The zero-order chi connectivity index (χ0) is 27.7. The van der Waals surface area contributed by atoms with Crippen LogP contribution in [0.2, 0.25) is 0 Å². The Morgan fingerprint density at radius 2 is 1.59 bits per heavy atom. The van der Waals surface area contributed by atoms with E-state index in [2.05, 4.69) is 4.90 Å². The second kappa shape index (κ2) is 13.4. The number of carbonyl (C=O) groups is 2. The lowest BCUT2D eigenvalue weighted by atomic mass is 10.1. The summed E-state index contributed by atoms with van der Waals surface area (Å²) in [6.45, 7) is 4.20. The monoisotopic (exact) mass is 543 g/mol. The molecule has 208 valence electrons. The molecule has 0 bridgehead atoms. The summed E-state index contributed by atoms with van der Waals surface area (Å²) in [5.74, 6) is -0.175. The number of morpholine rings is 1. The Hall–Kier alpha value is -3.63. The van der Waals surface area contributed by atoms with Crippen LogP contribution < -0.4 is 0 Å². The second-order valence-corrected chi connectivity index (χ2v) is 9.42. The minimum atomic E-state index is -4.50. The Kier molecular flexibility index (Phi) is 9.78. The molecule has 1 aliphatic heterocycles. The first-order valence-corrected chi connectivity index (χ1v) is 12.9. The molecule has 0 unspecified atom stereocenters. The molecule has 10 heteroatoms. The first-order valence-electron chi connectivity index (χ1n) is 12.9. The number of ether oxygens (including phenoxy) is 1. The Morgan fingerprint density at radius 3 is 2.23 bits per heavy atom. The number of nitrogens with zero attached hydrogens (tertiary/aromatic N) is 3. The molecule has 2 heterocycles. The summed E-state index contributed by atoms with van der Waals surface area (Å²) < 4.78 is 50.0. The lowest BCUT2D eigenvalue weighted by Crippen LogP contribution is -2.44. The van der Waals surface area contributed by atoms with Crippen molar-refractivity contribution in [1.82, 2.24) is 14.7 Å². The fourth-order valence-corrected chi connectivity index (χ4v) is 4.44. The minimum absolute atomic E-state index is 0.0998. The van der Waals surface area contributed by atoms with Crippen molar-refractivity contribution in [2.24, 2.45) is 0 Å². The van der Waals surface area contributed by atoms with Crippen LogP contribution in [0.4, 0.5) is 13.2 Å². The normalized spacial score (nSPS) is 14.2. The van der Waals surface area contributed by atoms with E-state index in [0.717, 1.165) is 42.9 Å². The standard InChI is InChI=1S/C29H32F3N3O4/c30-29(31,32)25-11-9-24(10-12-25)28(37)34(14-5-13-33-15-18-38-19-16-33)22-27(36)35(21-26-8-4-17-39-26)20-23-6-2-1-3-7-23/h1-4,6-12,17H,5,13-16,18-22H2. The van der Waals surface area contributed by atoms with Gasteiger partial charge < -0.3 is 19.0 Å². The van der Waals surface area contributed by atoms with Gasteiger partial charge in [0.15, 0.2) is 0 Å². The van der Waals surface area contributed by atoms with E-state index in [1.807, 2.05) is 30.3 Å². The molecule has 0 radical (unpaired) electrons. The summed E-state index contributed by atoms with van der Waals surface area (Å²) in [6.07, 6.45) is -2.36. The van der Waals surface area contributed by atoms with Crippen molar-refractivity contribution in [3.8, 4) is 0 Å². The van der Waals surface area contributed by atoms with Gasteiger partial charge in [0, 0.05) is 38.3 Å². The van der Waals surface area contributed by atoms with Gasteiger partial charge in [-0.05, 0) is 48.4 Å². The number of furan rings is 1. The molecule has 2 aromatic carbocycles. The third-order valence-electron chi connectivity index (χ3n) is 6.57. The highest BCUT2D eigenvalue weighted by molar-refractivity contribution is 5.96. The van der Waals surface area contributed by atoms with Crippen LogP contribution in [0.3, 0.4) is 0 Å². The molecule has 7 nitrogen and oxygen atoms in total. The van der Waals surface area contributed by atoms with E-state index in [-0.39, 0.29) is 31.1 Å². The summed E-state index contributed by atoms with van der Waals surface area (Å²) in [5.41, 5.74) is 0.189. The number of amides is 2. The fraction of sp³-hybridized carbons (Fsp3) is 0.379. The first-order chi connectivity index (χ1) is 18.8. The highest BCUT2D eigenvalue weighted by Crippen LogP contribution is 2.29. The highest BCUT2D eigenvalue weighted by atomic mass is 19.4. The van der Waals surface area contributed by atoms with Crippen LogP contribution in [0.15, 0.2) is 77.4 Å². The van der Waals surface area contributed by atoms with Crippen LogP contribution >= 0.6 is 0 Å². The van der Waals surface area contributed by atoms with Gasteiger partial charge in [0.2, 0.25) is 5.91 Å². The molecule has 2 amide bonds. The van der Waals surface area contributed by atoms with E-state index in [4.69, 9.17) is 9.15 Å². The number of hydrogen-bond donors (Lipinski definition) is 0. The average molecular weight is 544 g/mol. The Labute approximate surface area is 225 Å². The lowest BCUT2D eigenvalue weighted by molar-refractivity contribution is -0.137. The van der Waals surface area contributed by atoms with Gasteiger partial charge in [-0.15, -0.1) is 0 Å². The van der Waals surface area contributed by atoms with Crippen molar-refractivity contribution < 1.29 is 31.9 Å². The number of carbonyl (C=O) groups excluding carboxylic acids is 2. The number of benzene rings is 2. The minimum Gasteiger partial charge on any atom is -0.467 e. The van der Waals surface area contributed by atoms with Gasteiger partial charge in [0.05, 0.1) is 31.6 Å². The van der Waals surface area contributed by atoms with E-state index >= 15 is 0 Å². The van der Waals surface area contributed by atoms with Crippen LogP contribution in [-0.2, 0) is 28.8 Å². The van der Waals surface area contributed by atoms with Crippen LogP contribution in [0.5, 0.6) is 0 Å². The van der Waals surface area contributed by atoms with Gasteiger partial charge in [-0.1, -0.05) is 30.3 Å². The van der Waals surface area contributed by atoms with Crippen molar-refractivity contribution in [2.45, 2.75) is 25.7 Å². The molecule has 1 fully saturated rings. The maximum atomic E-state index is 13.6. The molecule has 0 aliphatic carbocycles. The van der Waals surface area contributed by atoms with Crippen molar-refractivity contribution >= 4 is 11.8 Å². The zero-order valence-electron chi connectivity index (χ0n) is 21.6. The lowest BCUT2D eigenvalue weighted by Gasteiger charge is -2.30. The van der Waals surface area contributed by atoms with Crippen LogP contribution in [0, 0.1) is 0 Å². The van der Waals surface area contributed by atoms with E-state index in [0.29, 0.717) is 38.5 Å². The van der Waals surface area contributed by atoms with Gasteiger partial charge in [0.1, 0.15) is 12.3 Å².